The maximum absolute atomic E-state index is 6.10. The van der Waals surface area contributed by atoms with Crippen molar-refractivity contribution in [2.24, 2.45) is 0 Å². The number of nitrogens with zero attached hydrogens (tertiary/aromatic N) is 1. The summed E-state index contributed by atoms with van der Waals surface area (Å²) in [6, 6.07) is 8.89. The third kappa shape index (κ3) is 3.98. The zero-order chi connectivity index (χ0) is 12.1. The van der Waals surface area contributed by atoms with Crippen LogP contribution in [-0.2, 0) is 6.54 Å². The van der Waals surface area contributed by atoms with Crippen LogP contribution in [0.15, 0.2) is 24.3 Å². The fourth-order valence-corrected chi connectivity index (χ4v) is 2.33. The Morgan fingerprint density at radius 3 is 2.76 bits per heavy atom. The van der Waals surface area contributed by atoms with Gasteiger partial charge in [-0.15, -0.1) is 0 Å². The molecule has 1 aliphatic rings. The van der Waals surface area contributed by atoms with Gasteiger partial charge >= 0.3 is 0 Å². The van der Waals surface area contributed by atoms with Gasteiger partial charge in [0.25, 0.3) is 0 Å². The Labute approximate surface area is 109 Å². The minimum absolute atomic E-state index is 0.856. The van der Waals surface area contributed by atoms with Gasteiger partial charge in [-0.25, -0.2) is 0 Å². The second kappa shape index (κ2) is 6.39. The summed E-state index contributed by atoms with van der Waals surface area (Å²) in [4.78, 5) is 2.56. The fraction of sp³-hybridized carbons (Fsp3) is 0.571. The topological polar surface area (TPSA) is 15.3 Å². The molecular weight excluding hydrogens is 232 g/mol. The molecule has 0 heterocycles. The van der Waals surface area contributed by atoms with Crippen LogP contribution in [0, 0.1) is 0 Å². The molecule has 0 bridgehead atoms. The second-order valence-corrected chi connectivity index (χ2v) is 5.04. The Hall–Kier alpha value is -0.570. The Kier molecular flexibility index (Phi) is 4.84. The molecule has 94 valence electrons. The molecule has 0 aliphatic heterocycles. The summed E-state index contributed by atoms with van der Waals surface area (Å²) in [6.45, 7) is 6.45. The number of hydrogen-bond acceptors (Lipinski definition) is 2. The quantitative estimate of drug-likeness (QED) is 0.751. The van der Waals surface area contributed by atoms with E-state index in [9.17, 15) is 0 Å². The van der Waals surface area contributed by atoms with Gasteiger partial charge in [-0.1, -0.05) is 36.7 Å². The first-order chi connectivity index (χ1) is 8.31. The minimum Gasteiger partial charge on any atom is -0.311 e. The Bertz CT molecular complexity index is 350. The van der Waals surface area contributed by atoms with Crippen LogP contribution in [0.1, 0.15) is 25.3 Å². The third-order valence-electron chi connectivity index (χ3n) is 3.32. The van der Waals surface area contributed by atoms with Crippen LogP contribution in [0.3, 0.4) is 0 Å². The van der Waals surface area contributed by atoms with Crippen molar-refractivity contribution in [2.45, 2.75) is 32.4 Å². The van der Waals surface area contributed by atoms with E-state index in [0.717, 1.165) is 30.7 Å². The van der Waals surface area contributed by atoms with Crippen molar-refractivity contribution in [3.8, 4) is 0 Å². The summed E-state index contributed by atoms with van der Waals surface area (Å²) in [6.07, 6.45) is 2.77. The largest absolute Gasteiger partial charge is 0.311 e. The predicted octanol–water partition coefficient (Wildman–Crippen LogP) is 2.91. The maximum Gasteiger partial charge on any atom is 0.0450 e. The Morgan fingerprint density at radius 1 is 1.35 bits per heavy atom. The molecule has 1 aromatic rings. The molecule has 0 atom stereocenters. The van der Waals surface area contributed by atoms with E-state index in [1.165, 1.54) is 24.9 Å². The van der Waals surface area contributed by atoms with Gasteiger partial charge in [-0.05, 0) is 31.0 Å². The lowest BCUT2D eigenvalue weighted by Gasteiger charge is -2.19. The van der Waals surface area contributed by atoms with E-state index >= 15 is 0 Å². The number of nitrogens with one attached hydrogen (secondary N) is 1. The van der Waals surface area contributed by atoms with Crippen LogP contribution in [0.4, 0.5) is 0 Å². The first kappa shape index (κ1) is 12.9. The molecule has 0 saturated heterocycles. The molecule has 0 amide bonds. The molecule has 0 unspecified atom stereocenters. The van der Waals surface area contributed by atoms with E-state index in [0.29, 0.717) is 0 Å². The third-order valence-corrected chi connectivity index (χ3v) is 3.69. The van der Waals surface area contributed by atoms with Gasteiger partial charge in [0.1, 0.15) is 0 Å². The molecule has 1 fully saturated rings. The van der Waals surface area contributed by atoms with Crippen molar-refractivity contribution < 1.29 is 0 Å². The predicted molar refractivity (Wildman–Crippen MR) is 73.4 cm³/mol. The van der Waals surface area contributed by atoms with Crippen molar-refractivity contribution in [3.05, 3.63) is 34.9 Å². The van der Waals surface area contributed by atoms with E-state index in [2.05, 4.69) is 23.2 Å². The van der Waals surface area contributed by atoms with E-state index in [1.807, 2.05) is 18.2 Å². The standard InChI is InChI=1S/C14H21ClN2/c1-2-17(13-7-8-13)10-9-16-11-12-5-3-4-6-14(12)15/h3-6,13,16H,2,7-11H2,1H3. The van der Waals surface area contributed by atoms with Crippen molar-refractivity contribution >= 4 is 11.6 Å². The van der Waals surface area contributed by atoms with Gasteiger partial charge < -0.3 is 5.32 Å². The number of likely N-dealkylation sites (N-methyl/N-ethyl adjacent to an activating group) is 1. The van der Waals surface area contributed by atoms with Crippen molar-refractivity contribution in [3.63, 3.8) is 0 Å². The van der Waals surface area contributed by atoms with Gasteiger partial charge in [0.2, 0.25) is 0 Å². The van der Waals surface area contributed by atoms with Gasteiger partial charge in [-0.2, -0.15) is 0 Å². The van der Waals surface area contributed by atoms with E-state index in [1.54, 1.807) is 0 Å². The van der Waals surface area contributed by atoms with Crippen molar-refractivity contribution in [1.29, 1.82) is 0 Å². The second-order valence-electron chi connectivity index (χ2n) is 4.63. The highest BCUT2D eigenvalue weighted by molar-refractivity contribution is 6.31. The lowest BCUT2D eigenvalue weighted by Crippen LogP contribution is -2.33. The number of benzene rings is 1. The van der Waals surface area contributed by atoms with Crippen molar-refractivity contribution in [1.82, 2.24) is 10.2 Å². The molecule has 0 radical (unpaired) electrons. The molecule has 1 N–H and O–H groups in total. The number of halogens is 1. The molecule has 1 aliphatic carbocycles. The van der Waals surface area contributed by atoms with Gasteiger partial charge in [0.05, 0.1) is 0 Å². The molecule has 17 heavy (non-hydrogen) atoms. The summed E-state index contributed by atoms with van der Waals surface area (Å²) in [7, 11) is 0. The highest BCUT2D eigenvalue weighted by Gasteiger charge is 2.26. The Balaban J connectivity index is 1.67. The monoisotopic (exact) mass is 252 g/mol. The normalized spacial score (nSPS) is 15.5. The molecule has 1 aromatic carbocycles. The lowest BCUT2D eigenvalue weighted by atomic mass is 10.2. The van der Waals surface area contributed by atoms with Gasteiger partial charge in [0, 0.05) is 30.7 Å². The molecule has 0 spiro atoms. The maximum atomic E-state index is 6.10. The van der Waals surface area contributed by atoms with Crippen LogP contribution < -0.4 is 5.32 Å². The SMILES string of the molecule is CCN(CCNCc1ccccc1Cl)C1CC1. The molecule has 0 aromatic heterocycles. The average Bonchev–Trinajstić information content (AvgIpc) is 3.16. The first-order valence-corrected chi connectivity index (χ1v) is 6.87. The zero-order valence-electron chi connectivity index (χ0n) is 10.5. The van der Waals surface area contributed by atoms with Gasteiger partial charge in [0.15, 0.2) is 0 Å². The molecule has 1 saturated carbocycles. The van der Waals surface area contributed by atoms with E-state index in [-0.39, 0.29) is 0 Å². The minimum atomic E-state index is 0.856. The Morgan fingerprint density at radius 2 is 2.12 bits per heavy atom. The first-order valence-electron chi connectivity index (χ1n) is 6.49. The molecule has 2 rings (SSSR count). The van der Waals surface area contributed by atoms with Gasteiger partial charge in [-0.3, -0.25) is 4.90 Å². The van der Waals surface area contributed by atoms with Crippen LogP contribution >= 0.6 is 11.6 Å². The van der Waals surface area contributed by atoms with Crippen LogP contribution in [0.2, 0.25) is 5.02 Å². The van der Waals surface area contributed by atoms with Crippen LogP contribution in [-0.4, -0.2) is 30.6 Å². The smallest absolute Gasteiger partial charge is 0.0450 e. The molecular formula is C14H21ClN2. The number of rotatable bonds is 7. The summed E-state index contributed by atoms with van der Waals surface area (Å²) in [5.41, 5.74) is 1.18. The fourth-order valence-electron chi connectivity index (χ4n) is 2.13. The summed E-state index contributed by atoms with van der Waals surface area (Å²) >= 11 is 6.10. The molecule has 3 heteroatoms. The highest BCUT2D eigenvalue weighted by Crippen LogP contribution is 2.25. The summed E-state index contributed by atoms with van der Waals surface area (Å²) in [5, 5.41) is 4.32. The zero-order valence-corrected chi connectivity index (χ0v) is 11.2. The van der Waals surface area contributed by atoms with Crippen molar-refractivity contribution in [2.75, 3.05) is 19.6 Å². The van der Waals surface area contributed by atoms with E-state index in [4.69, 9.17) is 11.6 Å². The molecule has 2 nitrogen and oxygen atoms in total. The summed E-state index contributed by atoms with van der Waals surface area (Å²) in [5.74, 6) is 0. The lowest BCUT2D eigenvalue weighted by molar-refractivity contribution is 0.277. The number of hydrogen-bond donors (Lipinski definition) is 1. The van der Waals surface area contributed by atoms with Crippen LogP contribution in [0.25, 0.3) is 0 Å². The van der Waals surface area contributed by atoms with E-state index < -0.39 is 0 Å². The summed E-state index contributed by atoms with van der Waals surface area (Å²) < 4.78 is 0. The average molecular weight is 253 g/mol. The van der Waals surface area contributed by atoms with Crippen LogP contribution in [0.5, 0.6) is 0 Å². The highest BCUT2D eigenvalue weighted by atomic mass is 35.5.